The van der Waals surface area contributed by atoms with Gasteiger partial charge in [0.25, 0.3) is 0 Å². The van der Waals surface area contributed by atoms with Crippen LogP contribution in [0.2, 0.25) is 0 Å². The number of hydrogen-bond acceptors (Lipinski definition) is 5. The van der Waals surface area contributed by atoms with Gasteiger partial charge in [-0.05, 0) is 41.0 Å². The zero-order valence-corrected chi connectivity index (χ0v) is 14.4. The maximum atomic E-state index is 12.0. The first-order valence-electron chi connectivity index (χ1n) is 7.60. The van der Waals surface area contributed by atoms with E-state index in [0.717, 1.165) is 0 Å². The summed E-state index contributed by atoms with van der Waals surface area (Å²) < 4.78 is 16.5. The lowest BCUT2D eigenvalue weighted by molar-refractivity contribution is -0.281. The highest BCUT2D eigenvalue weighted by molar-refractivity contribution is 5.97. The van der Waals surface area contributed by atoms with Crippen LogP contribution in [0.25, 0.3) is 0 Å². The van der Waals surface area contributed by atoms with E-state index in [2.05, 4.69) is 0 Å². The van der Waals surface area contributed by atoms with E-state index in [4.69, 9.17) is 14.2 Å². The lowest BCUT2D eigenvalue weighted by Crippen LogP contribution is -2.49. The average Bonchev–Trinajstić information content (AvgIpc) is 2.36. The number of rotatable bonds is 10. The Bertz CT molecular complexity index is 343. The summed E-state index contributed by atoms with van der Waals surface area (Å²) in [5, 5.41) is 0. The Hall–Kier alpha value is -0.940. The third kappa shape index (κ3) is 5.40. The van der Waals surface area contributed by atoms with Crippen molar-refractivity contribution in [3.63, 3.8) is 0 Å². The summed E-state index contributed by atoms with van der Waals surface area (Å²) in [6.07, 6.45) is 0.317. The molecule has 1 atom stereocenters. The van der Waals surface area contributed by atoms with Gasteiger partial charge in [0.05, 0.1) is 6.61 Å². The highest BCUT2D eigenvalue weighted by Gasteiger charge is 2.46. The van der Waals surface area contributed by atoms with Gasteiger partial charge < -0.3 is 14.2 Å². The van der Waals surface area contributed by atoms with Crippen molar-refractivity contribution in [2.45, 2.75) is 60.7 Å². The van der Waals surface area contributed by atoms with Gasteiger partial charge in [-0.1, -0.05) is 13.8 Å². The summed E-state index contributed by atoms with van der Waals surface area (Å²) in [7, 11) is 0. The van der Waals surface area contributed by atoms with Gasteiger partial charge in [0.1, 0.15) is 11.7 Å². The van der Waals surface area contributed by atoms with Crippen LogP contribution in [-0.4, -0.2) is 37.4 Å². The third-order valence-corrected chi connectivity index (χ3v) is 3.85. The predicted molar refractivity (Wildman–Crippen MR) is 80.9 cm³/mol. The third-order valence-electron chi connectivity index (χ3n) is 3.85. The first-order chi connectivity index (χ1) is 9.65. The van der Waals surface area contributed by atoms with Gasteiger partial charge in [0.2, 0.25) is 0 Å². The van der Waals surface area contributed by atoms with Gasteiger partial charge in [0, 0.05) is 18.6 Å². The zero-order chi connectivity index (χ0) is 16.7. The maximum absolute atomic E-state index is 12.0. The van der Waals surface area contributed by atoms with E-state index in [-0.39, 0.29) is 12.4 Å². The highest BCUT2D eigenvalue weighted by atomic mass is 16.7. The van der Waals surface area contributed by atoms with Crippen LogP contribution in [0, 0.1) is 11.3 Å². The minimum atomic E-state index is -0.864. The fourth-order valence-electron chi connectivity index (χ4n) is 2.31. The molecule has 0 aromatic heterocycles. The minimum Gasteiger partial charge on any atom is -0.465 e. The molecular formula is C16H30O5. The molecule has 0 fully saturated rings. The molecule has 0 aliphatic rings. The predicted octanol–water partition coefficient (Wildman–Crippen LogP) is 2.96. The first kappa shape index (κ1) is 20.1. The fraction of sp³-hybridized carbons (Fsp3) is 0.875. The summed E-state index contributed by atoms with van der Waals surface area (Å²) in [6.45, 7) is 13.9. The molecule has 0 heterocycles. The second-order valence-electron chi connectivity index (χ2n) is 5.82. The molecule has 21 heavy (non-hydrogen) atoms. The number of carbonyl (C=O) groups is 2. The van der Waals surface area contributed by atoms with Crippen LogP contribution in [0.4, 0.5) is 0 Å². The Morgan fingerprint density at radius 3 is 1.76 bits per heavy atom. The molecule has 0 saturated carbocycles. The summed E-state index contributed by atoms with van der Waals surface area (Å²) in [6, 6.07) is 0. The van der Waals surface area contributed by atoms with Crippen molar-refractivity contribution in [1.82, 2.24) is 0 Å². The van der Waals surface area contributed by atoms with Crippen molar-refractivity contribution in [3.05, 3.63) is 0 Å². The van der Waals surface area contributed by atoms with E-state index in [0.29, 0.717) is 19.6 Å². The van der Waals surface area contributed by atoms with Gasteiger partial charge >= 0.3 is 5.97 Å². The van der Waals surface area contributed by atoms with Crippen LogP contribution < -0.4 is 0 Å². The van der Waals surface area contributed by atoms with Crippen LogP contribution in [-0.2, 0) is 23.8 Å². The largest absolute Gasteiger partial charge is 0.465 e. The lowest BCUT2D eigenvalue weighted by atomic mass is 9.75. The van der Waals surface area contributed by atoms with Crippen LogP contribution in [0.3, 0.4) is 0 Å². The molecule has 0 aliphatic heterocycles. The van der Waals surface area contributed by atoms with Gasteiger partial charge in [-0.3, -0.25) is 9.59 Å². The van der Waals surface area contributed by atoms with Crippen molar-refractivity contribution in [2.24, 2.45) is 11.3 Å². The number of Topliss-reactive ketones (excluding diaryl/α,β-unsaturated/α-hetero) is 1. The molecule has 5 nitrogen and oxygen atoms in total. The maximum Gasteiger partial charge on any atom is 0.316 e. The molecular weight excluding hydrogens is 272 g/mol. The summed E-state index contributed by atoms with van der Waals surface area (Å²) in [4.78, 5) is 23.8. The Kier molecular flexibility index (Phi) is 8.11. The van der Waals surface area contributed by atoms with Gasteiger partial charge in [0.15, 0.2) is 5.79 Å². The van der Waals surface area contributed by atoms with Crippen LogP contribution >= 0.6 is 0 Å². The Morgan fingerprint density at radius 1 is 0.952 bits per heavy atom. The van der Waals surface area contributed by atoms with E-state index in [1.807, 2.05) is 34.6 Å². The molecule has 0 spiro atoms. The van der Waals surface area contributed by atoms with Crippen LogP contribution in [0.15, 0.2) is 0 Å². The molecule has 0 aromatic carbocycles. The van der Waals surface area contributed by atoms with E-state index >= 15 is 0 Å². The van der Waals surface area contributed by atoms with Gasteiger partial charge in [-0.2, -0.15) is 0 Å². The van der Waals surface area contributed by atoms with E-state index < -0.39 is 23.1 Å². The Labute approximate surface area is 128 Å². The Morgan fingerprint density at radius 2 is 1.43 bits per heavy atom. The smallest absolute Gasteiger partial charge is 0.316 e. The zero-order valence-electron chi connectivity index (χ0n) is 14.4. The molecule has 0 radical (unpaired) electrons. The van der Waals surface area contributed by atoms with E-state index in [1.54, 1.807) is 6.92 Å². The SMILES string of the molecule is CCOC(=O)C(CC(C)(C)C(C)(OCC)OCC)C(C)=O. The molecule has 0 rings (SSSR count). The summed E-state index contributed by atoms with van der Waals surface area (Å²) in [5.41, 5.74) is -0.526. The highest BCUT2D eigenvalue weighted by Crippen LogP contribution is 2.41. The second-order valence-corrected chi connectivity index (χ2v) is 5.82. The second kappa shape index (κ2) is 8.49. The summed E-state index contributed by atoms with van der Waals surface area (Å²) in [5.74, 6) is -2.33. The molecule has 5 heteroatoms. The molecule has 1 unspecified atom stereocenters. The standard InChI is InChI=1S/C16H30O5/c1-8-19-14(18)13(12(4)17)11-15(5,6)16(7,20-9-2)21-10-3/h13H,8-11H2,1-7H3. The topological polar surface area (TPSA) is 61.8 Å². The van der Waals surface area contributed by atoms with Crippen molar-refractivity contribution in [1.29, 1.82) is 0 Å². The van der Waals surface area contributed by atoms with Crippen LogP contribution in [0.5, 0.6) is 0 Å². The van der Waals surface area contributed by atoms with E-state index in [1.165, 1.54) is 6.92 Å². The van der Waals surface area contributed by atoms with E-state index in [9.17, 15) is 9.59 Å². The van der Waals surface area contributed by atoms with Crippen LogP contribution in [0.1, 0.15) is 54.9 Å². The molecule has 0 aromatic rings. The van der Waals surface area contributed by atoms with Crippen molar-refractivity contribution < 1.29 is 23.8 Å². The molecule has 0 saturated heterocycles. The number of esters is 1. The van der Waals surface area contributed by atoms with Gasteiger partial charge in [-0.15, -0.1) is 0 Å². The number of ether oxygens (including phenoxy) is 3. The molecule has 0 aliphatic carbocycles. The lowest BCUT2D eigenvalue weighted by Gasteiger charge is -2.44. The molecule has 0 amide bonds. The van der Waals surface area contributed by atoms with Crippen molar-refractivity contribution in [3.8, 4) is 0 Å². The molecule has 124 valence electrons. The van der Waals surface area contributed by atoms with Gasteiger partial charge in [-0.25, -0.2) is 0 Å². The monoisotopic (exact) mass is 302 g/mol. The number of carbonyl (C=O) groups excluding carboxylic acids is 2. The quantitative estimate of drug-likeness (QED) is 0.353. The normalized spacial score (nSPS) is 13.9. The minimum absolute atomic E-state index is 0.197. The molecule has 0 bridgehead atoms. The van der Waals surface area contributed by atoms with Crippen molar-refractivity contribution >= 4 is 11.8 Å². The first-order valence-corrected chi connectivity index (χ1v) is 7.60. The number of hydrogen-bond donors (Lipinski definition) is 0. The average molecular weight is 302 g/mol. The fourth-order valence-corrected chi connectivity index (χ4v) is 2.31. The summed E-state index contributed by atoms with van der Waals surface area (Å²) >= 11 is 0. The number of ketones is 1. The Balaban J connectivity index is 5.25. The van der Waals surface area contributed by atoms with Crippen molar-refractivity contribution in [2.75, 3.05) is 19.8 Å². The molecule has 0 N–H and O–H groups in total.